The van der Waals surface area contributed by atoms with Gasteiger partial charge in [0.05, 0.1) is 0 Å². The van der Waals surface area contributed by atoms with Crippen LogP contribution in [0.1, 0.15) is 21.7 Å². The molecule has 0 aliphatic heterocycles. The summed E-state index contributed by atoms with van der Waals surface area (Å²) in [6.07, 6.45) is 1.35. The van der Waals surface area contributed by atoms with Gasteiger partial charge in [0.1, 0.15) is 17.8 Å². The maximum absolute atomic E-state index is 12.7. The van der Waals surface area contributed by atoms with E-state index in [9.17, 15) is 9.18 Å². The molecule has 0 spiro atoms. The van der Waals surface area contributed by atoms with Crippen molar-refractivity contribution in [2.45, 2.75) is 13.8 Å². The quantitative estimate of drug-likeness (QED) is 0.884. The molecule has 0 radical (unpaired) electrons. The first-order chi connectivity index (χ1) is 8.58. The van der Waals surface area contributed by atoms with E-state index in [0.29, 0.717) is 11.4 Å². The Morgan fingerprint density at radius 3 is 2.50 bits per heavy atom. The van der Waals surface area contributed by atoms with Crippen LogP contribution < -0.4 is 5.32 Å². The molecule has 18 heavy (non-hydrogen) atoms. The van der Waals surface area contributed by atoms with Gasteiger partial charge in [-0.3, -0.25) is 4.79 Å². The van der Waals surface area contributed by atoms with Gasteiger partial charge in [-0.1, -0.05) is 0 Å². The number of hydrogen-bond acceptors (Lipinski definition) is 3. The fourth-order valence-electron chi connectivity index (χ4n) is 1.49. The molecule has 1 N–H and O–H groups in total. The van der Waals surface area contributed by atoms with Crippen LogP contribution in [0.15, 0.2) is 30.6 Å². The van der Waals surface area contributed by atoms with E-state index in [4.69, 9.17) is 0 Å². The molecule has 1 aromatic heterocycles. The van der Waals surface area contributed by atoms with Crippen molar-refractivity contribution < 1.29 is 9.18 Å². The molecule has 5 heteroatoms. The number of hydrogen-bond donors (Lipinski definition) is 1. The number of rotatable bonds is 2. The summed E-state index contributed by atoms with van der Waals surface area (Å²) in [4.78, 5) is 19.9. The van der Waals surface area contributed by atoms with Crippen LogP contribution >= 0.6 is 0 Å². The molecule has 1 heterocycles. The van der Waals surface area contributed by atoms with Gasteiger partial charge in [0.15, 0.2) is 0 Å². The predicted molar refractivity (Wildman–Crippen MR) is 65.9 cm³/mol. The minimum absolute atomic E-state index is 0.326. The smallest absolute Gasteiger partial charge is 0.274 e. The predicted octanol–water partition coefficient (Wildman–Crippen LogP) is 2.48. The molecule has 0 fully saturated rings. The molecule has 92 valence electrons. The highest BCUT2D eigenvalue weighted by Crippen LogP contribution is 2.12. The van der Waals surface area contributed by atoms with Gasteiger partial charge in [-0.2, -0.15) is 0 Å². The first-order valence-electron chi connectivity index (χ1n) is 5.43. The summed E-state index contributed by atoms with van der Waals surface area (Å²) < 4.78 is 12.7. The van der Waals surface area contributed by atoms with Gasteiger partial charge >= 0.3 is 0 Å². The van der Waals surface area contributed by atoms with E-state index in [1.807, 2.05) is 6.92 Å². The van der Waals surface area contributed by atoms with Crippen LogP contribution in [0.25, 0.3) is 0 Å². The number of amides is 1. The van der Waals surface area contributed by atoms with E-state index in [2.05, 4.69) is 15.3 Å². The van der Waals surface area contributed by atoms with E-state index in [1.54, 1.807) is 6.92 Å². The highest BCUT2D eigenvalue weighted by Gasteiger charge is 2.12. The molecule has 1 aromatic carbocycles. The first kappa shape index (κ1) is 12.2. The number of anilines is 1. The lowest BCUT2D eigenvalue weighted by Crippen LogP contribution is -2.16. The molecule has 0 bridgehead atoms. The van der Waals surface area contributed by atoms with Crippen molar-refractivity contribution in [1.82, 2.24) is 9.97 Å². The average Bonchev–Trinajstić information content (AvgIpc) is 2.35. The van der Waals surface area contributed by atoms with Gasteiger partial charge in [0, 0.05) is 16.9 Å². The number of carbonyl (C=O) groups excluding carboxylic acids is 1. The third-order valence-corrected chi connectivity index (χ3v) is 2.65. The molecule has 0 saturated carbocycles. The van der Waals surface area contributed by atoms with E-state index >= 15 is 0 Å². The lowest BCUT2D eigenvalue weighted by Gasteiger charge is -2.07. The second-order valence-corrected chi connectivity index (χ2v) is 3.89. The fourth-order valence-corrected chi connectivity index (χ4v) is 1.49. The zero-order chi connectivity index (χ0) is 13.1. The minimum Gasteiger partial charge on any atom is -0.321 e. The van der Waals surface area contributed by atoms with Crippen LogP contribution in [0, 0.1) is 19.7 Å². The number of nitrogens with one attached hydrogen (secondary N) is 1. The van der Waals surface area contributed by atoms with Gasteiger partial charge in [-0.05, 0) is 38.1 Å². The summed E-state index contributed by atoms with van der Waals surface area (Å²) in [7, 11) is 0. The lowest BCUT2D eigenvalue weighted by molar-refractivity contribution is 0.102. The Labute approximate surface area is 104 Å². The zero-order valence-corrected chi connectivity index (χ0v) is 10.1. The van der Waals surface area contributed by atoms with Crippen LogP contribution in [0.5, 0.6) is 0 Å². The molecule has 0 aliphatic rings. The van der Waals surface area contributed by atoms with Crippen molar-refractivity contribution in [3.05, 3.63) is 53.4 Å². The van der Waals surface area contributed by atoms with E-state index in [-0.39, 0.29) is 11.7 Å². The van der Waals surface area contributed by atoms with Crippen LogP contribution in [0.2, 0.25) is 0 Å². The second kappa shape index (κ2) is 4.91. The van der Waals surface area contributed by atoms with E-state index in [0.717, 1.165) is 11.3 Å². The topological polar surface area (TPSA) is 54.9 Å². The summed E-state index contributed by atoms with van der Waals surface area (Å²) >= 11 is 0. The zero-order valence-electron chi connectivity index (χ0n) is 10.1. The minimum atomic E-state index is -0.345. The Morgan fingerprint density at radius 2 is 1.83 bits per heavy atom. The molecule has 0 saturated heterocycles. The van der Waals surface area contributed by atoms with Gasteiger partial charge in [0.25, 0.3) is 5.91 Å². The largest absolute Gasteiger partial charge is 0.321 e. The molecule has 4 nitrogen and oxygen atoms in total. The van der Waals surface area contributed by atoms with Crippen LogP contribution in [-0.2, 0) is 0 Å². The number of carbonyl (C=O) groups is 1. The monoisotopic (exact) mass is 245 g/mol. The number of aromatic nitrogens is 2. The maximum atomic E-state index is 12.7. The molecular formula is C13H12FN3O. The maximum Gasteiger partial charge on any atom is 0.274 e. The lowest BCUT2D eigenvalue weighted by atomic mass is 10.2. The van der Waals surface area contributed by atoms with E-state index in [1.165, 1.54) is 30.6 Å². The number of benzene rings is 1. The summed E-state index contributed by atoms with van der Waals surface area (Å²) in [5.41, 5.74) is 2.34. The Bertz CT molecular complexity index is 581. The van der Waals surface area contributed by atoms with E-state index < -0.39 is 0 Å². The standard InChI is InChI=1S/C13H12FN3O/c1-8-9(2)15-7-16-12(8)13(18)17-11-5-3-10(14)4-6-11/h3-7H,1-2H3,(H,17,18). The molecule has 0 aliphatic carbocycles. The number of aryl methyl sites for hydroxylation is 1. The average molecular weight is 245 g/mol. The van der Waals surface area contributed by atoms with Crippen molar-refractivity contribution >= 4 is 11.6 Å². The highest BCUT2D eigenvalue weighted by atomic mass is 19.1. The van der Waals surface area contributed by atoms with Crippen molar-refractivity contribution in [2.24, 2.45) is 0 Å². The molecule has 0 atom stereocenters. The van der Waals surface area contributed by atoms with Crippen molar-refractivity contribution in [2.75, 3.05) is 5.32 Å². The Hall–Kier alpha value is -2.30. The van der Waals surface area contributed by atoms with Crippen LogP contribution in [-0.4, -0.2) is 15.9 Å². The molecular weight excluding hydrogens is 233 g/mol. The summed E-state index contributed by atoms with van der Waals surface area (Å²) in [5.74, 6) is -0.674. The van der Waals surface area contributed by atoms with Crippen molar-refractivity contribution in [1.29, 1.82) is 0 Å². The van der Waals surface area contributed by atoms with Crippen LogP contribution in [0.4, 0.5) is 10.1 Å². The molecule has 2 aromatic rings. The normalized spacial score (nSPS) is 10.2. The number of nitrogens with zero attached hydrogens (tertiary/aromatic N) is 2. The van der Waals surface area contributed by atoms with Crippen LogP contribution in [0.3, 0.4) is 0 Å². The highest BCUT2D eigenvalue weighted by molar-refractivity contribution is 6.03. The summed E-state index contributed by atoms with van der Waals surface area (Å²) in [5, 5.41) is 2.66. The van der Waals surface area contributed by atoms with Gasteiger partial charge in [-0.25, -0.2) is 14.4 Å². The second-order valence-electron chi connectivity index (χ2n) is 3.89. The Balaban J connectivity index is 2.22. The van der Waals surface area contributed by atoms with Gasteiger partial charge in [0.2, 0.25) is 0 Å². The Kier molecular flexibility index (Phi) is 3.32. The molecule has 2 rings (SSSR count). The molecule has 1 amide bonds. The van der Waals surface area contributed by atoms with Crippen molar-refractivity contribution in [3.8, 4) is 0 Å². The first-order valence-corrected chi connectivity index (χ1v) is 5.43. The van der Waals surface area contributed by atoms with Gasteiger partial charge < -0.3 is 5.32 Å². The van der Waals surface area contributed by atoms with Crippen molar-refractivity contribution in [3.63, 3.8) is 0 Å². The summed E-state index contributed by atoms with van der Waals surface area (Å²) in [6.45, 7) is 3.60. The summed E-state index contributed by atoms with van der Waals surface area (Å²) in [6, 6.07) is 5.56. The third kappa shape index (κ3) is 2.51. The van der Waals surface area contributed by atoms with Gasteiger partial charge in [-0.15, -0.1) is 0 Å². The SMILES string of the molecule is Cc1ncnc(C(=O)Nc2ccc(F)cc2)c1C. The Morgan fingerprint density at radius 1 is 1.17 bits per heavy atom. The third-order valence-electron chi connectivity index (χ3n) is 2.65. The number of halogens is 1. The fraction of sp³-hybridized carbons (Fsp3) is 0.154. The molecule has 0 unspecified atom stereocenters.